The van der Waals surface area contributed by atoms with Gasteiger partial charge in [0.15, 0.2) is 0 Å². The fraction of sp³-hybridized carbons (Fsp3) is 0.714. The van der Waals surface area contributed by atoms with E-state index in [1.807, 2.05) is 6.92 Å². The van der Waals surface area contributed by atoms with E-state index >= 15 is 0 Å². The topological polar surface area (TPSA) is 81.8 Å². The fourth-order valence-electron chi connectivity index (χ4n) is 0.783. The van der Waals surface area contributed by atoms with Crippen LogP contribution in [0.15, 0.2) is 4.79 Å². The molecule has 0 aliphatic heterocycles. The first-order valence-electron chi connectivity index (χ1n) is 4.04. The minimum absolute atomic E-state index is 0.198. The normalized spacial score (nSPS) is 13.1. The third-order valence-electron chi connectivity index (χ3n) is 1.50. The van der Waals surface area contributed by atoms with Gasteiger partial charge in [-0.25, -0.2) is 9.89 Å². The molecular weight excluding hydrogens is 190 g/mol. The first-order chi connectivity index (χ1) is 6.22. The van der Waals surface area contributed by atoms with Gasteiger partial charge in [0.2, 0.25) is 0 Å². The predicted molar refractivity (Wildman–Crippen MR) is 51.6 cm³/mol. The van der Waals surface area contributed by atoms with Crippen molar-refractivity contribution in [2.75, 3.05) is 12.4 Å². The van der Waals surface area contributed by atoms with Crippen LogP contribution in [-0.2, 0) is 5.75 Å². The molecule has 13 heavy (non-hydrogen) atoms. The summed E-state index contributed by atoms with van der Waals surface area (Å²) in [6.45, 7) is 2.17. The molecule has 0 saturated carbocycles. The Morgan fingerprint density at radius 1 is 1.69 bits per heavy atom. The lowest BCUT2D eigenvalue weighted by Crippen LogP contribution is -2.04. The van der Waals surface area contributed by atoms with Crippen molar-refractivity contribution in [3.8, 4) is 0 Å². The van der Waals surface area contributed by atoms with Gasteiger partial charge < -0.3 is 5.11 Å². The standard InChI is InChI=1S/C7H13N3O2S/c1-5(2-11)3-13-4-6-8-7(12)10-9-6/h5,11H,2-4H2,1H3,(H2,8,9,10,12). The maximum Gasteiger partial charge on any atom is 0.340 e. The van der Waals surface area contributed by atoms with Gasteiger partial charge in [-0.15, -0.1) is 0 Å². The third-order valence-corrected chi connectivity index (χ3v) is 2.79. The molecular formula is C7H13N3O2S. The highest BCUT2D eigenvalue weighted by Crippen LogP contribution is 2.11. The molecule has 0 amide bonds. The van der Waals surface area contributed by atoms with Crippen molar-refractivity contribution < 1.29 is 5.11 Å². The van der Waals surface area contributed by atoms with Crippen molar-refractivity contribution >= 4 is 11.8 Å². The number of aromatic amines is 2. The molecule has 1 unspecified atom stereocenters. The van der Waals surface area contributed by atoms with E-state index in [9.17, 15) is 4.79 Å². The number of hydrogen-bond acceptors (Lipinski definition) is 4. The predicted octanol–water partition coefficient (Wildman–Crippen LogP) is -0.0404. The van der Waals surface area contributed by atoms with Gasteiger partial charge in [0.05, 0.1) is 5.75 Å². The van der Waals surface area contributed by atoms with Crippen LogP contribution in [0.3, 0.4) is 0 Å². The monoisotopic (exact) mass is 203 g/mol. The number of aromatic nitrogens is 3. The van der Waals surface area contributed by atoms with Crippen LogP contribution in [-0.4, -0.2) is 32.6 Å². The highest BCUT2D eigenvalue weighted by molar-refractivity contribution is 7.98. The second-order valence-electron chi connectivity index (χ2n) is 2.93. The fourth-order valence-corrected chi connectivity index (χ4v) is 1.74. The van der Waals surface area contributed by atoms with E-state index in [2.05, 4.69) is 15.2 Å². The van der Waals surface area contributed by atoms with Gasteiger partial charge in [0, 0.05) is 6.61 Å². The number of H-pyrrole nitrogens is 2. The number of aliphatic hydroxyl groups is 1. The number of nitrogens with one attached hydrogen (secondary N) is 2. The Hall–Kier alpha value is -0.750. The molecule has 5 nitrogen and oxygen atoms in total. The van der Waals surface area contributed by atoms with Crippen LogP contribution < -0.4 is 5.69 Å². The molecule has 1 atom stereocenters. The van der Waals surface area contributed by atoms with Crippen LogP contribution in [0.1, 0.15) is 12.7 Å². The first-order valence-corrected chi connectivity index (χ1v) is 5.20. The van der Waals surface area contributed by atoms with Crippen molar-refractivity contribution in [1.82, 2.24) is 15.2 Å². The van der Waals surface area contributed by atoms with E-state index in [0.717, 1.165) is 5.75 Å². The van der Waals surface area contributed by atoms with Gasteiger partial charge in [-0.3, -0.25) is 4.98 Å². The van der Waals surface area contributed by atoms with Crippen LogP contribution in [0.4, 0.5) is 0 Å². The molecule has 0 bridgehead atoms. The van der Waals surface area contributed by atoms with E-state index in [-0.39, 0.29) is 18.2 Å². The van der Waals surface area contributed by atoms with Crippen LogP contribution in [0.5, 0.6) is 0 Å². The Balaban J connectivity index is 2.24. The van der Waals surface area contributed by atoms with Gasteiger partial charge in [-0.05, 0) is 11.7 Å². The highest BCUT2D eigenvalue weighted by Gasteiger charge is 2.02. The zero-order valence-corrected chi connectivity index (χ0v) is 8.23. The smallest absolute Gasteiger partial charge is 0.340 e. The van der Waals surface area contributed by atoms with Crippen LogP contribution >= 0.6 is 11.8 Å². The number of thioether (sulfide) groups is 1. The molecule has 1 aromatic heterocycles. The third kappa shape index (κ3) is 3.65. The van der Waals surface area contributed by atoms with Crippen LogP contribution in [0, 0.1) is 5.92 Å². The van der Waals surface area contributed by atoms with E-state index in [0.29, 0.717) is 11.6 Å². The molecule has 6 heteroatoms. The van der Waals surface area contributed by atoms with Crippen molar-refractivity contribution in [1.29, 1.82) is 0 Å². The zero-order chi connectivity index (χ0) is 9.68. The maximum absolute atomic E-state index is 10.6. The Bertz CT molecular complexity index is 296. The lowest BCUT2D eigenvalue weighted by molar-refractivity contribution is 0.250. The molecule has 0 aromatic carbocycles. The van der Waals surface area contributed by atoms with Crippen LogP contribution in [0.25, 0.3) is 0 Å². The highest BCUT2D eigenvalue weighted by atomic mass is 32.2. The summed E-state index contributed by atoms with van der Waals surface area (Å²) in [5.74, 6) is 2.48. The second-order valence-corrected chi connectivity index (χ2v) is 3.96. The summed E-state index contributed by atoms with van der Waals surface area (Å²) in [5, 5.41) is 14.8. The minimum Gasteiger partial charge on any atom is -0.396 e. The van der Waals surface area contributed by atoms with Crippen molar-refractivity contribution in [2.45, 2.75) is 12.7 Å². The molecule has 1 rings (SSSR count). The van der Waals surface area contributed by atoms with E-state index in [4.69, 9.17) is 5.11 Å². The number of aliphatic hydroxyl groups excluding tert-OH is 1. The SMILES string of the molecule is CC(CO)CSCc1n[nH]c(=O)[nH]1. The van der Waals surface area contributed by atoms with Gasteiger partial charge in [0.1, 0.15) is 5.82 Å². The van der Waals surface area contributed by atoms with E-state index in [1.54, 1.807) is 11.8 Å². The molecule has 0 radical (unpaired) electrons. The summed E-state index contributed by atoms with van der Waals surface area (Å²) >= 11 is 1.64. The van der Waals surface area contributed by atoms with Gasteiger partial charge in [-0.1, -0.05) is 6.92 Å². The van der Waals surface area contributed by atoms with Crippen molar-refractivity contribution in [3.63, 3.8) is 0 Å². The summed E-state index contributed by atoms with van der Waals surface area (Å²) in [6.07, 6.45) is 0. The molecule has 3 N–H and O–H groups in total. The number of rotatable bonds is 5. The summed E-state index contributed by atoms with van der Waals surface area (Å²) in [6, 6.07) is 0. The molecule has 0 aliphatic rings. The maximum atomic E-state index is 10.6. The molecule has 1 heterocycles. The van der Waals surface area contributed by atoms with Crippen molar-refractivity contribution in [2.24, 2.45) is 5.92 Å². The zero-order valence-electron chi connectivity index (χ0n) is 7.41. The molecule has 0 aliphatic carbocycles. The van der Waals surface area contributed by atoms with Gasteiger partial charge in [-0.2, -0.15) is 16.9 Å². The largest absolute Gasteiger partial charge is 0.396 e. The van der Waals surface area contributed by atoms with Gasteiger partial charge in [0.25, 0.3) is 0 Å². The lowest BCUT2D eigenvalue weighted by atomic mass is 10.2. The molecule has 0 saturated heterocycles. The minimum atomic E-state index is -0.272. The second kappa shape index (κ2) is 5.08. The molecule has 0 spiro atoms. The average molecular weight is 203 g/mol. The van der Waals surface area contributed by atoms with E-state index in [1.165, 1.54) is 0 Å². The Labute approximate surface area is 80.0 Å². The lowest BCUT2D eigenvalue weighted by Gasteiger charge is -2.04. The van der Waals surface area contributed by atoms with Crippen molar-refractivity contribution in [3.05, 3.63) is 16.3 Å². The molecule has 0 fully saturated rings. The van der Waals surface area contributed by atoms with Gasteiger partial charge >= 0.3 is 5.69 Å². The van der Waals surface area contributed by atoms with Crippen LogP contribution in [0.2, 0.25) is 0 Å². The number of nitrogens with zero attached hydrogens (tertiary/aromatic N) is 1. The summed E-state index contributed by atoms with van der Waals surface area (Å²) in [7, 11) is 0. The Morgan fingerprint density at radius 2 is 2.46 bits per heavy atom. The number of hydrogen-bond donors (Lipinski definition) is 3. The average Bonchev–Trinajstić information content (AvgIpc) is 2.51. The Morgan fingerprint density at radius 3 is 3.00 bits per heavy atom. The molecule has 1 aromatic rings. The Kier molecular flexibility index (Phi) is 4.04. The molecule has 74 valence electrons. The summed E-state index contributed by atoms with van der Waals surface area (Å²) in [4.78, 5) is 13.2. The quantitative estimate of drug-likeness (QED) is 0.627. The van der Waals surface area contributed by atoms with E-state index < -0.39 is 0 Å². The summed E-state index contributed by atoms with van der Waals surface area (Å²) in [5.41, 5.74) is -0.272. The first kappa shape index (κ1) is 10.3. The summed E-state index contributed by atoms with van der Waals surface area (Å²) < 4.78 is 0.